The minimum absolute atomic E-state index is 0. The molecule has 0 aliphatic heterocycles. The first-order valence-electron chi connectivity index (χ1n) is 8.76. The number of hydrogen-bond donors (Lipinski definition) is 2. The number of rotatable bonds is 4. The van der Waals surface area contributed by atoms with Crippen molar-refractivity contribution in [2.24, 2.45) is 17.8 Å². The summed E-state index contributed by atoms with van der Waals surface area (Å²) in [5, 5.41) is 3.43. The second-order valence-corrected chi connectivity index (χ2v) is 7.94. The fourth-order valence-electron chi connectivity index (χ4n) is 5.63. The van der Waals surface area contributed by atoms with E-state index in [9.17, 15) is 4.79 Å². The van der Waals surface area contributed by atoms with E-state index in [-0.39, 0.29) is 23.9 Å². The zero-order chi connectivity index (χ0) is 15.2. The Kier molecular flexibility index (Phi) is 4.59. The van der Waals surface area contributed by atoms with Gasteiger partial charge in [-0.15, -0.1) is 12.4 Å². The van der Waals surface area contributed by atoms with Crippen LogP contribution in [0.2, 0.25) is 0 Å². The van der Waals surface area contributed by atoms with Gasteiger partial charge in [-0.25, -0.2) is 0 Å². The van der Waals surface area contributed by atoms with Crippen LogP contribution in [0.4, 0.5) is 5.69 Å². The first-order chi connectivity index (χ1) is 10.6. The van der Waals surface area contributed by atoms with Crippen LogP contribution in [0.1, 0.15) is 50.5 Å². The average Bonchev–Trinajstić information content (AvgIpc) is 2.44. The van der Waals surface area contributed by atoms with E-state index in [1.54, 1.807) is 0 Å². The van der Waals surface area contributed by atoms with E-state index in [2.05, 4.69) is 5.32 Å². The highest BCUT2D eigenvalue weighted by atomic mass is 35.5. The summed E-state index contributed by atoms with van der Waals surface area (Å²) in [4.78, 5) is 12.5. The Morgan fingerprint density at radius 2 is 1.65 bits per heavy atom. The Morgan fingerprint density at radius 1 is 1.09 bits per heavy atom. The molecule has 1 aromatic rings. The summed E-state index contributed by atoms with van der Waals surface area (Å²) in [6.07, 6.45) is 9.19. The minimum atomic E-state index is 0. The van der Waals surface area contributed by atoms with Crippen LogP contribution >= 0.6 is 12.4 Å². The van der Waals surface area contributed by atoms with Gasteiger partial charge in [0.1, 0.15) is 0 Å². The van der Waals surface area contributed by atoms with E-state index in [0.29, 0.717) is 6.42 Å². The van der Waals surface area contributed by atoms with Crippen molar-refractivity contribution >= 4 is 24.0 Å². The molecule has 3 nitrogen and oxygen atoms in total. The maximum absolute atomic E-state index is 12.5. The van der Waals surface area contributed by atoms with Crippen LogP contribution in [0, 0.1) is 17.8 Å². The van der Waals surface area contributed by atoms with Crippen molar-refractivity contribution in [3.63, 3.8) is 0 Å². The van der Waals surface area contributed by atoms with Crippen LogP contribution in [0.15, 0.2) is 24.3 Å². The maximum Gasteiger partial charge on any atom is 0.220 e. The SMILES string of the molecule is Cl.Nc1ccccc1CCC(=O)NC12CC3CC(CC(C3)C1)C2. The van der Waals surface area contributed by atoms with E-state index in [1.165, 1.54) is 38.5 Å². The number of aryl methyl sites for hydroxylation is 1. The van der Waals surface area contributed by atoms with E-state index >= 15 is 0 Å². The topological polar surface area (TPSA) is 55.1 Å². The summed E-state index contributed by atoms with van der Waals surface area (Å²) >= 11 is 0. The number of nitrogens with two attached hydrogens (primary N) is 1. The Morgan fingerprint density at radius 3 is 2.22 bits per heavy atom. The lowest BCUT2D eigenvalue weighted by Gasteiger charge is -2.56. The van der Waals surface area contributed by atoms with E-state index in [0.717, 1.165) is 35.4 Å². The summed E-state index contributed by atoms with van der Waals surface area (Å²) in [7, 11) is 0. The average molecular weight is 335 g/mol. The van der Waals surface area contributed by atoms with Gasteiger partial charge in [0.25, 0.3) is 0 Å². The molecule has 0 spiro atoms. The minimum Gasteiger partial charge on any atom is -0.399 e. The highest BCUT2D eigenvalue weighted by Crippen LogP contribution is 2.55. The molecule has 1 amide bonds. The molecule has 4 bridgehead atoms. The molecule has 3 N–H and O–H groups in total. The molecule has 0 aromatic heterocycles. The van der Waals surface area contributed by atoms with Crippen molar-refractivity contribution in [1.82, 2.24) is 5.32 Å². The van der Waals surface area contributed by atoms with Gasteiger partial charge in [0, 0.05) is 17.6 Å². The Balaban J connectivity index is 0.00000156. The maximum atomic E-state index is 12.5. The van der Waals surface area contributed by atoms with Gasteiger partial charge < -0.3 is 11.1 Å². The van der Waals surface area contributed by atoms with Crippen LogP contribution in [0.25, 0.3) is 0 Å². The third-order valence-electron chi connectivity index (χ3n) is 6.12. The molecule has 0 radical (unpaired) electrons. The molecule has 23 heavy (non-hydrogen) atoms. The second kappa shape index (κ2) is 6.35. The summed E-state index contributed by atoms with van der Waals surface area (Å²) in [6.45, 7) is 0. The van der Waals surface area contributed by atoms with Crippen LogP contribution < -0.4 is 11.1 Å². The normalized spacial score (nSPS) is 34.0. The van der Waals surface area contributed by atoms with Gasteiger partial charge in [0.2, 0.25) is 5.91 Å². The number of nitrogen functional groups attached to an aromatic ring is 1. The molecule has 4 fully saturated rings. The fraction of sp³-hybridized carbons (Fsp3) is 0.632. The van der Waals surface area contributed by atoms with Crippen molar-refractivity contribution in [2.45, 2.75) is 56.9 Å². The van der Waals surface area contributed by atoms with Gasteiger partial charge in [-0.05, 0) is 74.3 Å². The third kappa shape index (κ3) is 3.35. The summed E-state index contributed by atoms with van der Waals surface area (Å²) < 4.78 is 0. The van der Waals surface area contributed by atoms with Crippen LogP contribution in [-0.2, 0) is 11.2 Å². The van der Waals surface area contributed by atoms with Crippen LogP contribution in [0.3, 0.4) is 0 Å². The number of carbonyl (C=O) groups is 1. The van der Waals surface area contributed by atoms with Gasteiger partial charge in [-0.1, -0.05) is 18.2 Å². The molecule has 1 aromatic carbocycles. The van der Waals surface area contributed by atoms with Crippen molar-refractivity contribution < 1.29 is 4.79 Å². The lowest BCUT2D eigenvalue weighted by molar-refractivity contribution is -0.126. The Labute approximate surface area is 144 Å². The first-order valence-corrected chi connectivity index (χ1v) is 8.76. The summed E-state index contributed by atoms with van der Waals surface area (Å²) in [5.74, 6) is 2.83. The highest BCUT2D eigenvalue weighted by Gasteiger charge is 2.51. The number of nitrogens with one attached hydrogen (secondary N) is 1. The van der Waals surface area contributed by atoms with Crippen molar-refractivity contribution in [3.05, 3.63) is 29.8 Å². The molecule has 4 aliphatic rings. The lowest BCUT2D eigenvalue weighted by Crippen LogP contribution is -2.59. The second-order valence-electron chi connectivity index (χ2n) is 7.94. The number of amides is 1. The first kappa shape index (κ1) is 16.6. The molecular formula is C19H27ClN2O. The number of benzene rings is 1. The fourth-order valence-corrected chi connectivity index (χ4v) is 5.63. The van der Waals surface area contributed by atoms with Gasteiger partial charge in [0.15, 0.2) is 0 Å². The lowest BCUT2D eigenvalue weighted by atomic mass is 9.53. The molecule has 126 valence electrons. The Hall–Kier alpha value is -1.22. The highest BCUT2D eigenvalue weighted by molar-refractivity contribution is 5.85. The van der Waals surface area contributed by atoms with Gasteiger partial charge in [0.05, 0.1) is 0 Å². The molecule has 5 rings (SSSR count). The zero-order valence-electron chi connectivity index (χ0n) is 13.6. The van der Waals surface area contributed by atoms with E-state index in [4.69, 9.17) is 5.73 Å². The summed E-state index contributed by atoms with van der Waals surface area (Å²) in [6, 6.07) is 7.86. The standard InChI is InChI=1S/C19H26N2O.ClH/c20-17-4-2-1-3-16(17)5-6-18(22)21-19-10-13-7-14(11-19)9-15(8-13)12-19;/h1-4,13-15H,5-12,20H2,(H,21,22);1H. The molecule has 4 aliphatic carbocycles. The van der Waals surface area contributed by atoms with Crippen LogP contribution in [-0.4, -0.2) is 11.4 Å². The van der Waals surface area contributed by atoms with Gasteiger partial charge >= 0.3 is 0 Å². The Bertz CT molecular complexity index is 551. The van der Waals surface area contributed by atoms with Gasteiger partial charge in [-0.2, -0.15) is 0 Å². The summed E-state index contributed by atoms with van der Waals surface area (Å²) in [5.41, 5.74) is 7.98. The molecule has 0 unspecified atom stereocenters. The molecular weight excluding hydrogens is 308 g/mol. The van der Waals surface area contributed by atoms with Crippen LogP contribution in [0.5, 0.6) is 0 Å². The van der Waals surface area contributed by atoms with Crippen molar-refractivity contribution in [3.8, 4) is 0 Å². The van der Waals surface area contributed by atoms with Gasteiger partial charge in [-0.3, -0.25) is 4.79 Å². The number of carbonyl (C=O) groups excluding carboxylic acids is 1. The predicted octanol–water partition coefficient (Wildman–Crippen LogP) is 3.71. The third-order valence-corrected chi connectivity index (χ3v) is 6.12. The molecule has 0 atom stereocenters. The molecule has 0 saturated heterocycles. The van der Waals surface area contributed by atoms with Crippen molar-refractivity contribution in [1.29, 1.82) is 0 Å². The predicted molar refractivity (Wildman–Crippen MR) is 95.5 cm³/mol. The zero-order valence-corrected chi connectivity index (χ0v) is 14.4. The smallest absolute Gasteiger partial charge is 0.220 e. The van der Waals surface area contributed by atoms with E-state index < -0.39 is 0 Å². The monoisotopic (exact) mass is 334 g/mol. The number of anilines is 1. The molecule has 4 heteroatoms. The quantitative estimate of drug-likeness (QED) is 0.825. The van der Waals surface area contributed by atoms with E-state index in [1.807, 2.05) is 24.3 Å². The largest absolute Gasteiger partial charge is 0.399 e. The number of hydrogen-bond acceptors (Lipinski definition) is 2. The number of halogens is 1. The van der Waals surface area contributed by atoms with Crippen molar-refractivity contribution in [2.75, 3.05) is 5.73 Å². The molecule has 0 heterocycles. The molecule has 4 saturated carbocycles. The number of para-hydroxylation sites is 1.